The lowest BCUT2D eigenvalue weighted by molar-refractivity contribution is 0.237. The number of rotatable bonds is 4. The van der Waals surface area contributed by atoms with E-state index < -0.39 is 0 Å². The first kappa shape index (κ1) is 12.8. The molecule has 4 heteroatoms. The molecule has 17 heavy (non-hydrogen) atoms. The van der Waals surface area contributed by atoms with Gasteiger partial charge in [0.05, 0.1) is 0 Å². The molecule has 1 aliphatic carbocycles. The molecule has 0 spiro atoms. The Hall–Kier alpha value is -0.640. The minimum Gasteiger partial charge on any atom is -0.301 e. The summed E-state index contributed by atoms with van der Waals surface area (Å²) in [5.41, 5.74) is 0. The average Bonchev–Trinajstić information content (AvgIpc) is 2.74. The Morgan fingerprint density at radius 3 is 2.65 bits per heavy atom. The molecule has 1 fully saturated rings. The van der Waals surface area contributed by atoms with E-state index in [4.69, 9.17) is 12.2 Å². The first-order chi connectivity index (χ1) is 8.27. The summed E-state index contributed by atoms with van der Waals surface area (Å²) in [6.45, 7) is 4.42. The first-order valence-electron chi connectivity index (χ1n) is 6.93. The lowest BCUT2D eigenvalue weighted by atomic mass is 9.83. The quantitative estimate of drug-likeness (QED) is 0.822. The van der Waals surface area contributed by atoms with Crippen LogP contribution < -0.4 is 0 Å². The standard InChI is InChI=1S/C13H23N3S/c1-3-11(10-8-6-5-7-9-10)16-12(4-2)14-15-13(16)17/h10-11H,3-9H2,1-2H3,(H,15,17). The normalized spacial score (nSPS) is 19.4. The predicted octanol–water partition coefficient (Wildman–Crippen LogP) is 4.03. The van der Waals surface area contributed by atoms with Crippen LogP contribution in [0.2, 0.25) is 0 Å². The molecule has 1 unspecified atom stereocenters. The third-order valence-corrected chi connectivity index (χ3v) is 4.33. The molecule has 1 atom stereocenters. The van der Waals surface area contributed by atoms with Crippen molar-refractivity contribution in [3.63, 3.8) is 0 Å². The fraction of sp³-hybridized carbons (Fsp3) is 0.846. The molecule has 0 saturated heterocycles. The Bertz CT molecular complexity index is 401. The van der Waals surface area contributed by atoms with Crippen LogP contribution in [0.25, 0.3) is 0 Å². The van der Waals surface area contributed by atoms with Crippen LogP contribution in [0.4, 0.5) is 0 Å². The van der Waals surface area contributed by atoms with Gasteiger partial charge in [-0.1, -0.05) is 33.1 Å². The summed E-state index contributed by atoms with van der Waals surface area (Å²) in [4.78, 5) is 0. The maximum Gasteiger partial charge on any atom is 0.195 e. The minimum absolute atomic E-state index is 0.552. The highest BCUT2D eigenvalue weighted by molar-refractivity contribution is 7.71. The molecule has 0 aliphatic heterocycles. The van der Waals surface area contributed by atoms with Crippen molar-refractivity contribution in [1.82, 2.24) is 14.8 Å². The van der Waals surface area contributed by atoms with Crippen molar-refractivity contribution in [1.29, 1.82) is 0 Å². The van der Waals surface area contributed by atoms with Crippen molar-refractivity contribution in [2.45, 2.75) is 64.8 Å². The van der Waals surface area contributed by atoms with Crippen LogP contribution in [0.3, 0.4) is 0 Å². The second-order valence-electron chi connectivity index (χ2n) is 5.04. The lowest BCUT2D eigenvalue weighted by Gasteiger charge is -2.31. The van der Waals surface area contributed by atoms with Gasteiger partial charge in [-0.15, -0.1) is 0 Å². The first-order valence-corrected chi connectivity index (χ1v) is 7.34. The number of aromatic nitrogens is 3. The van der Waals surface area contributed by atoms with Crippen molar-refractivity contribution in [2.24, 2.45) is 5.92 Å². The maximum absolute atomic E-state index is 5.40. The fourth-order valence-corrected chi connectivity index (χ4v) is 3.46. The number of nitrogens with one attached hydrogen (secondary N) is 1. The van der Waals surface area contributed by atoms with E-state index >= 15 is 0 Å². The van der Waals surface area contributed by atoms with Gasteiger partial charge in [0.25, 0.3) is 0 Å². The summed E-state index contributed by atoms with van der Waals surface area (Å²) >= 11 is 5.40. The van der Waals surface area contributed by atoms with E-state index in [0.717, 1.165) is 29.4 Å². The van der Waals surface area contributed by atoms with Crippen molar-refractivity contribution in [3.05, 3.63) is 10.6 Å². The van der Waals surface area contributed by atoms with Gasteiger partial charge in [-0.2, -0.15) is 5.10 Å². The third kappa shape index (κ3) is 2.62. The highest BCUT2D eigenvalue weighted by Gasteiger charge is 2.25. The molecule has 0 bridgehead atoms. The molecule has 1 heterocycles. The second kappa shape index (κ2) is 5.80. The topological polar surface area (TPSA) is 33.6 Å². The van der Waals surface area contributed by atoms with E-state index in [0.29, 0.717) is 6.04 Å². The minimum atomic E-state index is 0.552. The Morgan fingerprint density at radius 1 is 1.35 bits per heavy atom. The Kier molecular flexibility index (Phi) is 4.37. The van der Waals surface area contributed by atoms with Crippen LogP contribution in [-0.2, 0) is 6.42 Å². The molecule has 1 N–H and O–H groups in total. The predicted molar refractivity (Wildman–Crippen MR) is 72.7 cm³/mol. The molecule has 1 saturated carbocycles. The number of hydrogen-bond donors (Lipinski definition) is 1. The SMILES string of the molecule is CCc1n[nH]c(=S)n1C(CC)C1CCCCC1. The van der Waals surface area contributed by atoms with Crippen LogP contribution in [-0.4, -0.2) is 14.8 Å². The van der Waals surface area contributed by atoms with Crippen molar-refractivity contribution < 1.29 is 0 Å². The Balaban J connectivity index is 2.27. The van der Waals surface area contributed by atoms with Crippen LogP contribution in [0, 0.1) is 10.7 Å². The maximum atomic E-state index is 5.40. The molecule has 0 amide bonds. The van der Waals surface area contributed by atoms with Gasteiger partial charge in [0.2, 0.25) is 0 Å². The highest BCUT2D eigenvalue weighted by Crippen LogP contribution is 2.35. The van der Waals surface area contributed by atoms with Crippen molar-refractivity contribution in [3.8, 4) is 0 Å². The highest BCUT2D eigenvalue weighted by atomic mass is 32.1. The second-order valence-corrected chi connectivity index (χ2v) is 5.43. The number of aryl methyl sites for hydroxylation is 1. The fourth-order valence-electron chi connectivity index (χ4n) is 3.17. The van der Waals surface area contributed by atoms with E-state index in [1.54, 1.807) is 0 Å². The van der Waals surface area contributed by atoms with Gasteiger partial charge in [-0.25, -0.2) is 0 Å². The number of nitrogens with zero attached hydrogens (tertiary/aromatic N) is 2. The van der Waals surface area contributed by atoms with Crippen LogP contribution in [0.5, 0.6) is 0 Å². The largest absolute Gasteiger partial charge is 0.301 e. The monoisotopic (exact) mass is 253 g/mol. The van der Waals surface area contributed by atoms with Gasteiger partial charge in [0.1, 0.15) is 5.82 Å². The van der Waals surface area contributed by atoms with Crippen molar-refractivity contribution in [2.75, 3.05) is 0 Å². The van der Waals surface area contributed by atoms with E-state index in [-0.39, 0.29) is 0 Å². The van der Waals surface area contributed by atoms with Gasteiger partial charge in [-0.05, 0) is 37.4 Å². The summed E-state index contributed by atoms with van der Waals surface area (Å²) in [5, 5.41) is 7.30. The summed E-state index contributed by atoms with van der Waals surface area (Å²) in [6, 6.07) is 0.552. The van der Waals surface area contributed by atoms with Gasteiger partial charge >= 0.3 is 0 Å². The number of hydrogen-bond acceptors (Lipinski definition) is 2. The summed E-state index contributed by atoms with van der Waals surface area (Å²) in [6.07, 6.45) is 9.00. The molecule has 1 aromatic rings. The summed E-state index contributed by atoms with van der Waals surface area (Å²) in [7, 11) is 0. The molecule has 2 rings (SSSR count). The van der Waals surface area contributed by atoms with Crippen LogP contribution in [0.1, 0.15) is 64.2 Å². The Morgan fingerprint density at radius 2 is 2.06 bits per heavy atom. The number of aromatic amines is 1. The van der Waals surface area contributed by atoms with Crippen LogP contribution in [0.15, 0.2) is 0 Å². The van der Waals surface area contributed by atoms with E-state index in [9.17, 15) is 0 Å². The van der Waals surface area contributed by atoms with E-state index in [1.807, 2.05) is 0 Å². The molecule has 1 aromatic heterocycles. The molecular formula is C13H23N3S. The number of H-pyrrole nitrogens is 1. The molecule has 0 radical (unpaired) electrons. The molecule has 96 valence electrons. The van der Waals surface area contributed by atoms with Gasteiger partial charge < -0.3 is 4.57 Å². The summed E-state index contributed by atoms with van der Waals surface area (Å²) < 4.78 is 3.09. The Labute approximate surface area is 109 Å². The molecule has 3 nitrogen and oxygen atoms in total. The van der Waals surface area contributed by atoms with Gasteiger partial charge in [0, 0.05) is 12.5 Å². The molecular weight excluding hydrogens is 230 g/mol. The van der Waals surface area contributed by atoms with Crippen LogP contribution >= 0.6 is 12.2 Å². The smallest absolute Gasteiger partial charge is 0.195 e. The molecule has 1 aliphatic rings. The zero-order valence-corrected chi connectivity index (χ0v) is 11.7. The summed E-state index contributed by atoms with van der Waals surface area (Å²) in [5.74, 6) is 1.91. The van der Waals surface area contributed by atoms with E-state index in [1.165, 1.54) is 32.1 Å². The van der Waals surface area contributed by atoms with Gasteiger partial charge in [-0.3, -0.25) is 5.10 Å². The third-order valence-electron chi connectivity index (χ3n) is 4.04. The van der Waals surface area contributed by atoms with Crippen molar-refractivity contribution >= 4 is 12.2 Å². The lowest BCUT2D eigenvalue weighted by Crippen LogP contribution is -2.23. The van der Waals surface area contributed by atoms with E-state index in [2.05, 4.69) is 28.6 Å². The van der Waals surface area contributed by atoms with Gasteiger partial charge in [0.15, 0.2) is 4.77 Å². The zero-order valence-electron chi connectivity index (χ0n) is 10.9. The molecule has 0 aromatic carbocycles. The zero-order chi connectivity index (χ0) is 12.3. The average molecular weight is 253 g/mol.